The molecule has 0 aromatic carbocycles. The Balaban J connectivity index is 1.86. The van der Waals surface area contributed by atoms with Crippen LogP contribution >= 0.6 is 0 Å². The van der Waals surface area contributed by atoms with Crippen LogP contribution in [-0.2, 0) is 9.84 Å². The van der Waals surface area contributed by atoms with Crippen LogP contribution in [0.5, 0.6) is 0 Å². The lowest BCUT2D eigenvalue weighted by molar-refractivity contribution is 0.0915. The van der Waals surface area contributed by atoms with Crippen molar-refractivity contribution < 1.29 is 13.2 Å². The van der Waals surface area contributed by atoms with E-state index in [1.165, 1.54) is 6.20 Å². The molecule has 7 nitrogen and oxygen atoms in total. The van der Waals surface area contributed by atoms with Crippen molar-refractivity contribution in [3.05, 3.63) is 23.5 Å². The fraction of sp³-hybridized carbons (Fsp3) is 0.462. The minimum absolute atomic E-state index is 0.0217. The molecule has 2 aromatic heterocycles. The number of hydrogen-bond acceptors (Lipinski definition) is 5. The first kappa shape index (κ1) is 14.0. The Morgan fingerprint density at radius 2 is 2.24 bits per heavy atom. The summed E-state index contributed by atoms with van der Waals surface area (Å²) in [5.41, 5.74) is 1.08. The number of aromatic amines is 1. The number of sulfone groups is 1. The van der Waals surface area contributed by atoms with Gasteiger partial charge in [-0.3, -0.25) is 9.89 Å². The molecule has 1 unspecified atom stereocenters. The van der Waals surface area contributed by atoms with Crippen LogP contribution in [-0.4, -0.2) is 46.6 Å². The molecule has 2 N–H and O–H groups in total. The molecule has 112 valence electrons. The first-order chi connectivity index (χ1) is 9.78. The molecule has 0 saturated carbocycles. The molecule has 1 amide bonds. The van der Waals surface area contributed by atoms with E-state index in [9.17, 15) is 13.2 Å². The highest BCUT2D eigenvalue weighted by molar-refractivity contribution is 7.91. The van der Waals surface area contributed by atoms with E-state index in [-0.39, 0.29) is 17.4 Å². The van der Waals surface area contributed by atoms with Gasteiger partial charge in [0.15, 0.2) is 15.5 Å². The molecule has 21 heavy (non-hydrogen) atoms. The average Bonchev–Trinajstić information content (AvgIpc) is 2.90. The maximum absolute atomic E-state index is 12.3. The second-order valence-corrected chi connectivity index (χ2v) is 7.98. The van der Waals surface area contributed by atoms with Crippen LogP contribution in [0.1, 0.15) is 29.4 Å². The second kappa shape index (κ2) is 4.52. The predicted octanol–water partition coefficient (Wildman–Crippen LogP) is 0.573. The van der Waals surface area contributed by atoms with Gasteiger partial charge in [-0.05, 0) is 26.3 Å². The number of aromatic nitrogens is 3. The highest BCUT2D eigenvalue weighted by Gasteiger charge is 2.39. The molecule has 1 saturated heterocycles. The van der Waals surface area contributed by atoms with Gasteiger partial charge in [0, 0.05) is 17.3 Å². The summed E-state index contributed by atoms with van der Waals surface area (Å²) in [7, 11) is -3.06. The van der Waals surface area contributed by atoms with E-state index >= 15 is 0 Å². The molecule has 1 aliphatic rings. The zero-order valence-electron chi connectivity index (χ0n) is 11.8. The monoisotopic (exact) mass is 308 g/mol. The molecular weight excluding hydrogens is 292 g/mol. The Morgan fingerprint density at radius 1 is 1.48 bits per heavy atom. The number of carbonyl (C=O) groups excluding carboxylic acids is 1. The Bertz CT molecular complexity index is 827. The van der Waals surface area contributed by atoms with Gasteiger partial charge < -0.3 is 5.32 Å². The van der Waals surface area contributed by atoms with Crippen LogP contribution in [0.2, 0.25) is 0 Å². The van der Waals surface area contributed by atoms with E-state index < -0.39 is 15.4 Å². The highest BCUT2D eigenvalue weighted by atomic mass is 32.2. The highest BCUT2D eigenvalue weighted by Crippen LogP contribution is 2.23. The van der Waals surface area contributed by atoms with Crippen molar-refractivity contribution in [1.82, 2.24) is 20.5 Å². The maximum atomic E-state index is 12.3. The minimum Gasteiger partial charge on any atom is -0.346 e. The third-order valence-electron chi connectivity index (χ3n) is 3.78. The van der Waals surface area contributed by atoms with Gasteiger partial charge in [0.2, 0.25) is 0 Å². The lowest BCUT2D eigenvalue weighted by Gasteiger charge is -2.23. The predicted molar refractivity (Wildman–Crippen MR) is 77.8 cm³/mol. The molecular formula is C13H16N4O3S. The van der Waals surface area contributed by atoms with E-state index in [0.717, 1.165) is 11.1 Å². The van der Waals surface area contributed by atoms with Crippen LogP contribution in [0.25, 0.3) is 11.0 Å². The van der Waals surface area contributed by atoms with Crippen LogP contribution in [0.3, 0.4) is 0 Å². The van der Waals surface area contributed by atoms with Crippen molar-refractivity contribution in [2.24, 2.45) is 0 Å². The number of fused-ring (bicyclic) bond motifs is 1. The molecule has 8 heteroatoms. The van der Waals surface area contributed by atoms with Crippen molar-refractivity contribution in [2.75, 3.05) is 11.5 Å². The van der Waals surface area contributed by atoms with Crippen molar-refractivity contribution in [2.45, 2.75) is 25.8 Å². The molecule has 0 aliphatic carbocycles. The van der Waals surface area contributed by atoms with Crippen molar-refractivity contribution >= 4 is 26.8 Å². The van der Waals surface area contributed by atoms with E-state index in [4.69, 9.17) is 0 Å². The van der Waals surface area contributed by atoms with Gasteiger partial charge in [-0.2, -0.15) is 5.10 Å². The topological polar surface area (TPSA) is 105 Å². The quantitative estimate of drug-likeness (QED) is 0.844. The summed E-state index contributed by atoms with van der Waals surface area (Å²) >= 11 is 0. The Morgan fingerprint density at radius 3 is 2.90 bits per heavy atom. The lowest BCUT2D eigenvalue weighted by atomic mass is 10.0. The first-order valence-corrected chi connectivity index (χ1v) is 8.44. The summed E-state index contributed by atoms with van der Waals surface area (Å²) in [6, 6.07) is 1.71. The zero-order valence-corrected chi connectivity index (χ0v) is 12.6. The number of H-pyrrole nitrogens is 1. The van der Waals surface area contributed by atoms with Crippen LogP contribution in [0, 0.1) is 6.92 Å². The minimum atomic E-state index is -3.06. The number of hydrogen-bond donors (Lipinski definition) is 2. The van der Waals surface area contributed by atoms with Gasteiger partial charge in [-0.1, -0.05) is 0 Å². The van der Waals surface area contributed by atoms with Crippen LogP contribution < -0.4 is 5.32 Å². The number of aryl methyl sites for hydroxylation is 1. The largest absolute Gasteiger partial charge is 0.346 e. The van der Waals surface area contributed by atoms with E-state index in [2.05, 4.69) is 20.5 Å². The number of carbonyl (C=O) groups is 1. The summed E-state index contributed by atoms with van der Waals surface area (Å²) in [5.74, 6) is -0.224. The zero-order chi connectivity index (χ0) is 15.3. The van der Waals surface area contributed by atoms with Crippen LogP contribution in [0.15, 0.2) is 12.3 Å². The van der Waals surface area contributed by atoms with Gasteiger partial charge in [-0.25, -0.2) is 13.4 Å². The lowest BCUT2D eigenvalue weighted by Crippen LogP contribution is -2.46. The molecule has 1 atom stereocenters. The fourth-order valence-electron chi connectivity index (χ4n) is 2.60. The summed E-state index contributed by atoms with van der Waals surface area (Å²) < 4.78 is 23.1. The number of pyridine rings is 1. The standard InChI is InChI=1S/C13H16N4O3S/c1-8-10-5-9(6-14-11(10)17-16-8)12(18)15-13(2)3-4-21(19,20)7-13/h5-6H,3-4,7H2,1-2H3,(H,15,18)(H,14,16,17). The van der Waals surface area contributed by atoms with E-state index in [0.29, 0.717) is 17.6 Å². The van der Waals surface area contributed by atoms with E-state index in [1.54, 1.807) is 13.0 Å². The molecule has 1 fully saturated rings. The van der Waals surface area contributed by atoms with Gasteiger partial charge in [0.1, 0.15) is 0 Å². The molecule has 0 radical (unpaired) electrons. The van der Waals surface area contributed by atoms with Crippen molar-refractivity contribution in [3.63, 3.8) is 0 Å². The number of nitrogens with one attached hydrogen (secondary N) is 2. The SMILES string of the molecule is Cc1[nH]nc2ncc(C(=O)NC3(C)CCS(=O)(=O)C3)cc12. The Labute approximate surface area is 122 Å². The molecule has 3 rings (SSSR count). The summed E-state index contributed by atoms with van der Waals surface area (Å²) in [5, 5.41) is 10.4. The Kier molecular flexibility index (Phi) is 3.01. The van der Waals surface area contributed by atoms with Crippen LogP contribution in [0.4, 0.5) is 0 Å². The normalized spacial score (nSPS) is 24.3. The number of rotatable bonds is 2. The summed E-state index contributed by atoms with van der Waals surface area (Å²) in [6.07, 6.45) is 1.88. The average molecular weight is 308 g/mol. The first-order valence-electron chi connectivity index (χ1n) is 6.62. The summed E-state index contributed by atoms with van der Waals surface area (Å²) in [6.45, 7) is 3.61. The molecule has 0 spiro atoms. The van der Waals surface area contributed by atoms with Gasteiger partial charge in [0.05, 0.1) is 22.6 Å². The number of amides is 1. The second-order valence-electron chi connectivity index (χ2n) is 5.80. The maximum Gasteiger partial charge on any atom is 0.253 e. The molecule has 1 aliphatic heterocycles. The van der Waals surface area contributed by atoms with Gasteiger partial charge in [-0.15, -0.1) is 0 Å². The van der Waals surface area contributed by atoms with Gasteiger partial charge in [0.25, 0.3) is 5.91 Å². The fourth-order valence-corrected chi connectivity index (χ4v) is 4.69. The number of nitrogens with zero attached hydrogens (tertiary/aromatic N) is 2. The van der Waals surface area contributed by atoms with Gasteiger partial charge >= 0.3 is 0 Å². The third kappa shape index (κ3) is 2.63. The molecule has 0 bridgehead atoms. The smallest absolute Gasteiger partial charge is 0.253 e. The van der Waals surface area contributed by atoms with E-state index in [1.807, 2.05) is 6.92 Å². The summed E-state index contributed by atoms with van der Waals surface area (Å²) in [4.78, 5) is 16.4. The van der Waals surface area contributed by atoms with Crippen molar-refractivity contribution in [3.8, 4) is 0 Å². The molecule has 2 aromatic rings. The van der Waals surface area contributed by atoms with Crippen molar-refractivity contribution in [1.29, 1.82) is 0 Å². The third-order valence-corrected chi connectivity index (χ3v) is 5.68. The molecule has 3 heterocycles. The Hall–Kier alpha value is -1.96.